The van der Waals surface area contributed by atoms with Crippen LogP contribution in [-0.4, -0.2) is 56.4 Å². The summed E-state index contributed by atoms with van der Waals surface area (Å²) in [5.41, 5.74) is 1.20. The summed E-state index contributed by atoms with van der Waals surface area (Å²) < 4.78 is 10.8. The molecule has 0 spiro atoms. The molecular weight excluding hydrogens is 505 g/mol. The van der Waals surface area contributed by atoms with Crippen LogP contribution in [0.2, 0.25) is 0 Å². The normalized spacial score (nSPS) is 14.9. The van der Waals surface area contributed by atoms with Crippen molar-refractivity contribution in [2.75, 3.05) is 44.3 Å². The van der Waals surface area contributed by atoms with Crippen molar-refractivity contribution in [1.29, 1.82) is 0 Å². The standard InChI is InChI=1S/C23H35N5O2.HI/c1-3-29-16-5-12-24-23(25-13-9-21-6-4-17-30-21)27-20-10-14-28(15-11-20)22-8-7-19(2)18-26-22;/h4,6-8,17-18,20H,3,5,9-16H2,1-2H3,(H2,24,25,27);1H. The number of furan rings is 1. The molecule has 0 aromatic carbocycles. The monoisotopic (exact) mass is 541 g/mol. The second-order valence-corrected chi connectivity index (χ2v) is 7.64. The Morgan fingerprint density at radius 3 is 2.81 bits per heavy atom. The lowest BCUT2D eigenvalue weighted by atomic mass is 10.1. The number of aromatic nitrogens is 1. The molecule has 2 N–H and O–H groups in total. The summed E-state index contributed by atoms with van der Waals surface area (Å²) in [6, 6.07) is 8.58. The summed E-state index contributed by atoms with van der Waals surface area (Å²) in [5.74, 6) is 2.93. The molecule has 0 aliphatic carbocycles. The van der Waals surface area contributed by atoms with E-state index in [2.05, 4.69) is 39.6 Å². The van der Waals surface area contributed by atoms with Crippen LogP contribution in [0.5, 0.6) is 0 Å². The minimum Gasteiger partial charge on any atom is -0.469 e. The third kappa shape index (κ3) is 9.06. The topological polar surface area (TPSA) is 74.9 Å². The highest BCUT2D eigenvalue weighted by atomic mass is 127. The fourth-order valence-electron chi connectivity index (χ4n) is 3.51. The first kappa shape index (κ1) is 25.5. The van der Waals surface area contributed by atoms with Crippen molar-refractivity contribution in [2.24, 2.45) is 4.99 Å². The van der Waals surface area contributed by atoms with E-state index in [4.69, 9.17) is 14.1 Å². The smallest absolute Gasteiger partial charge is 0.191 e. The zero-order valence-corrected chi connectivity index (χ0v) is 21.0. The Labute approximate surface area is 203 Å². The van der Waals surface area contributed by atoms with E-state index in [1.807, 2.05) is 25.3 Å². The molecule has 0 unspecified atom stereocenters. The molecular formula is C23H36IN5O2. The van der Waals surface area contributed by atoms with Crippen molar-refractivity contribution in [1.82, 2.24) is 15.6 Å². The largest absolute Gasteiger partial charge is 0.469 e. The van der Waals surface area contributed by atoms with Gasteiger partial charge in [-0.1, -0.05) is 6.07 Å². The van der Waals surface area contributed by atoms with Crippen LogP contribution in [0, 0.1) is 6.92 Å². The Morgan fingerprint density at radius 1 is 1.29 bits per heavy atom. The first-order valence-corrected chi connectivity index (χ1v) is 11.1. The van der Waals surface area contributed by atoms with Gasteiger partial charge in [-0.15, -0.1) is 24.0 Å². The zero-order valence-electron chi connectivity index (χ0n) is 18.7. The average molecular weight is 541 g/mol. The minimum atomic E-state index is 0. The molecule has 1 aliphatic heterocycles. The average Bonchev–Trinajstić information content (AvgIpc) is 3.28. The van der Waals surface area contributed by atoms with Gasteiger partial charge in [0, 0.05) is 58.1 Å². The predicted octanol–water partition coefficient (Wildman–Crippen LogP) is 3.77. The highest BCUT2D eigenvalue weighted by molar-refractivity contribution is 14.0. The fraction of sp³-hybridized carbons (Fsp3) is 0.565. The zero-order chi connectivity index (χ0) is 21.0. The minimum absolute atomic E-state index is 0. The molecule has 0 atom stereocenters. The number of rotatable bonds is 10. The molecule has 2 aromatic heterocycles. The maximum atomic E-state index is 5.42. The van der Waals surface area contributed by atoms with Gasteiger partial charge >= 0.3 is 0 Å². The van der Waals surface area contributed by atoms with Crippen LogP contribution in [0.4, 0.5) is 5.82 Å². The molecule has 0 radical (unpaired) electrons. The molecule has 3 heterocycles. The van der Waals surface area contributed by atoms with Crippen molar-refractivity contribution < 1.29 is 9.15 Å². The number of nitrogens with one attached hydrogen (secondary N) is 2. The molecule has 2 aromatic rings. The molecule has 1 saturated heterocycles. The Hall–Kier alpha value is -1.81. The van der Waals surface area contributed by atoms with E-state index in [1.54, 1.807) is 6.26 Å². The number of ether oxygens (including phenoxy) is 1. The molecule has 0 amide bonds. The van der Waals surface area contributed by atoms with Crippen LogP contribution >= 0.6 is 24.0 Å². The van der Waals surface area contributed by atoms with Crippen molar-refractivity contribution >= 4 is 35.8 Å². The first-order valence-electron chi connectivity index (χ1n) is 11.1. The fourth-order valence-corrected chi connectivity index (χ4v) is 3.51. The van der Waals surface area contributed by atoms with Crippen molar-refractivity contribution in [3.8, 4) is 0 Å². The lowest BCUT2D eigenvalue weighted by molar-refractivity contribution is 0.146. The van der Waals surface area contributed by atoms with E-state index < -0.39 is 0 Å². The van der Waals surface area contributed by atoms with E-state index in [-0.39, 0.29) is 24.0 Å². The van der Waals surface area contributed by atoms with Crippen LogP contribution in [0.1, 0.15) is 37.5 Å². The quantitative estimate of drug-likeness (QED) is 0.207. The van der Waals surface area contributed by atoms with Gasteiger partial charge < -0.3 is 24.7 Å². The molecule has 0 bridgehead atoms. The predicted molar refractivity (Wildman–Crippen MR) is 137 cm³/mol. The summed E-state index contributed by atoms with van der Waals surface area (Å²) >= 11 is 0. The van der Waals surface area contributed by atoms with Gasteiger partial charge in [0.15, 0.2) is 5.96 Å². The number of nitrogens with zero attached hydrogens (tertiary/aromatic N) is 3. The Kier molecular flexibility index (Phi) is 11.7. The van der Waals surface area contributed by atoms with Gasteiger partial charge in [-0.3, -0.25) is 4.99 Å². The summed E-state index contributed by atoms with van der Waals surface area (Å²) in [5, 5.41) is 7.09. The number of piperidine rings is 1. The molecule has 3 rings (SSSR count). The molecule has 1 fully saturated rings. The van der Waals surface area contributed by atoms with Gasteiger partial charge in [0.25, 0.3) is 0 Å². The molecule has 7 nitrogen and oxygen atoms in total. The summed E-state index contributed by atoms with van der Waals surface area (Å²) in [7, 11) is 0. The van der Waals surface area contributed by atoms with Crippen molar-refractivity contribution in [3.05, 3.63) is 48.0 Å². The molecule has 1 aliphatic rings. The molecule has 31 heavy (non-hydrogen) atoms. The van der Waals surface area contributed by atoms with Gasteiger partial charge in [0.1, 0.15) is 11.6 Å². The highest BCUT2D eigenvalue weighted by Gasteiger charge is 2.21. The second-order valence-electron chi connectivity index (χ2n) is 7.64. The van der Waals surface area contributed by atoms with Gasteiger partial charge in [-0.2, -0.15) is 0 Å². The number of anilines is 1. The molecule has 8 heteroatoms. The van der Waals surface area contributed by atoms with Crippen LogP contribution in [0.3, 0.4) is 0 Å². The number of hydrogen-bond acceptors (Lipinski definition) is 5. The van der Waals surface area contributed by atoms with E-state index in [0.29, 0.717) is 6.04 Å². The van der Waals surface area contributed by atoms with Crippen molar-refractivity contribution in [3.63, 3.8) is 0 Å². The van der Waals surface area contributed by atoms with Crippen LogP contribution < -0.4 is 15.5 Å². The maximum absolute atomic E-state index is 5.42. The van der Waals surface area contributed by atoms with E-state index in [0.717, 1.165) is 82.6 Å². The van der Waals surface area contributed by atoms with Crippen LogP contribution in [-0.2, 0) is 11.2 Å². The third-order valence-electron chi connectivity index (χ3n) is 5.22. The van der Waals surface area contributed by atoms with Crippen LogP contribution in [0.15, 0.2) is 46.1 Å². The Bertz CT molecular complexity index is 744. The number of aliphatic imine (C=N–C) groups is 1. The van der Waals surface area contributed by atoms with E-state index >= 15 is 0 Å². The van der Waals surface area contributed by atoms with Gasteiger partial charge in [0.2, 0.25) is 0 Å². The SMILES string of the molecule is CCOCCCN=C(NCCc1ccco1)NC1CCN(c2ccc(C)cn2)CC1.I. The number of hydrogen-bond donors (Lipinski definition) is 2. The molecule has 0 saturated carbocycles. The third-order valence-corrected chi connectivity index (χ3v) is 5.22. The summed E-state index contributed by atoms with van der Waals surface area (Å²) in [6.45, 7) is 9.13. The van der Waals surface area contributed by atoms with E-state index in [1.165, 1.54) is 5.56 Å². The number of halogens is 1. The number of aryl methyl sites for hydroxylation is 1. The Balaban J connectivity index is 0.00000341. The highest BCUT2D eigenvalue weighted by Crippen LogP contribution is 2.18. The van der Waals surface area contributed by atoms with Gasteiger partial charge in [0.05, 0.1) is 6.26 Å². The summed E-state index contributed by atoms with van der Waals surface area (Å²) in [6.07, 6.45) is 7.55. The summed E-state index contributed by atoms with van der Waals surface area (Å²) in [4.78, 5) is 11.7. The van der Waals surface area contributed by atoms with Crippen LogP contribution in [0.25, 0.3) is 0 Å². The van der Waals surface area contributed by atoms with E-state index in [9.17, 15) is 0 Å². The maximum Gasteiger partial charge on any atom is 0.191 e. The van der Waals surface area contributed by atoms with Crippen molar-refractivity contribution in [2.45, 2.75) is 45.6 Å². The number of pyridine rings is 1. The van der Waals surface area contributed by atoms with Gasteiger partial charge in [-0.05, 0) is 56.9 Å². The lowest BCUT2D eigenvalue weighted by Gasteiger charge is -2.34. The number of guanidine groups is 1. The second kappa shape index (κ2) is 14.3. The van der Waals surface area contributed by atoms with Gasteiger partial charge in [-0.25, -0.2) is 4.98 Å². The lowest BCUT2D eigenvalue weighted by Crippen LogP contribution is -2.49. The Morgan fingerprint density at radius 2 is 2.13 bits per heavy atom. The molecule has 172 valence electrons. The first-order chi connectivity index (χ1) is 14.7.